The Morgan fingerprint density at radius 1 is 1.40 bits per heavy atom. The molecule has 1 saturated heterocycles. The van der Waals surface area contributed by atoms with Gasteiger partial charge in [-0.25, -0.2) is 0 Å². The number of ether oxygens (including phenoxy) is 1. The van der Waals surface area contributed by atoms with E-state index in [1.807, 2.05) is 19.1 Å². The Kier molecular flexibility index (Phi) is 5.38. The summed E-state index contributed by atoms with van der Waals surface area (Å²) in [7, 11) is 0. The van der Waals surface area contributed by atoms with Crippen LogP contribution in [0.3, 0.4) is 0 Å². The van der Waals surface area contributed by atoms with E-state index < -0.39 is 0 Å². The van der Waals surface area contributed by atoms with E-state index in [2.05, 4.69) is 10.2 Å². The smallest absolute Gasteiger partial charge is 0.253 e. The lowest BCUT2D eigenvalue weighted by molar-refractivity contribution is 0.0374. The summed E-state index contributed by atoms with van der Waals surface area (Å²) in [6.45, 7) is 7.16. The molecular formula is C15H23N3O2. The van der Waals surface area contributed by atoms with Crippen molar-refractivity contribution >= 4 is 11.6 Å². The van der Waals surface area contributed by atoms with Crippen LogP contribution in [0.2, 0.25) is 0 Å². The third-order valence-electron chi connectivity index (χ3n) is 3.57. The SMILES string of the molecule is Cc1cccc(N)c1C(=O)NCCCN1CCOCC1. The highest BCUT2D eigenvalue weighted by Crippen LogP contribution is 2.15. The van der Waals surface area contributed by atoms with Gasteiger partial charge in [-0.15, -0.1) is 0 Å². The number of benzene rings is 1. The third kappa shape index (κ3) is 3.95. The number of carbonyl (C=O) groups excluding carboxylic acids is 1. The Morgan fingerprint density at radius 3 is 2.85 bits per heavy atom. The number of aryl methyl sites for hydroxylation is 1. The molecule has 110 valence electrons. The van der Waals surface area contributed by atoms with Gasteiger partial charge in [0.05, 0.1) is 18.8 Å². The van der Waals surface area contributed by atoms with Gasteiger partial charge < -0.3 is 15.8 Å². The van der Waals surface area contributed by atoms with Crippen LogP contribution >= 0.6 is 0 Å². The predicted octanol–water partition coefficient (Wildman–Crippen LogP) is 1.03. The fourth-order valence-corrected chi connectivity index (χ4v) is 2.42. The van der Waals surface area contributed by atoms with Crippen LogP contribution in [0.15, 0.2) is 18.2 Å². The van der Waals surface area contributed by atoms with Crippen molar-refractivity contribution in [2.45, 2.75) is 13.3 Å². The van der Waals surface area contributed by atoms with Gasteiger partial charge in [-0.3, -0.25) is 9.69 Å². The molecule has 1 amide bonds. The first kappa shape index (κ1) is 14.8. The van der Waals surface area contributed by atoms with E-state index in [1.165, 1.54) is 0 Å². The lowest BCUT2D eigenvalue weighted by Crippen LogP contribution is -2.38. The lowest BCUT2D eigenvalue weighted by atomic mass is 10.1. The van der Waals surface area contributed by atoms with Gasteiger partial charge in [0.25, 0.3) is 5.91 Å². The van der Waals surface area contributed by atoms with Crippen LogP contribution in [0.5, 0.6) is 0 Å². The zero-order valence-electron chi connectivity index (χ0n) is 12.0. The van der Waals surface area contributed by atoms with Crippen LogP contribution in [0.4, 0.5) is 5.69 Å². The second kappa shape index (κ2) is 7.26. The maximum Gasteiger partial charge on any atom is 0.253 e. The molecule has 0 atom stereocenters. The third-order valence-corrected chi connectivity index (χ3v) is 3.57. The molecule has 3 N–H and O–H groups in total. The van der Waals surface area contributed by atoms with Gasteiger partial charge in [0.15, 0.2) is 0 Å². The quantitative estimate of drug-likeness (QED) is 0.623. The number of anilines is 1. The molecule has 0 aliphatic carbocycles. The Balaban J connectivity index is 1.75. The molecular weight excluding hydrogens is 254 g/mol. The Morgan fingerprint density at radius 2 is 2.15 bits per heavy atom. The van der Waals surface area contributed by atoms with E-state index in [-0.39, 0.29) is 5.91 Å². The minimum absolute atomic E-state index is 0.0809. The van der Waals surface area contributed by atoms with Crippen molar-refractivity contribution in [2.75, 3.05) is 45.1 Å². The van der Waals surface area contributed by atoms with Gasteiger partial charge in [0, 0.05) is 25.3 Å². The zero-order valence-corrected chi connectivity index (χ0v) is 12.0. The molecule has 1 heterocycles. The van der Waals surface area contributed by atoms with Gasteiger partial charge in [0.2, 0.25) is 0 Å². The highest BCUT2D eigenvalue weighted by Gasteiger charge is 2.13. The molecule has 1 aliphatic heterocycles. The molecule has 5 heteroatoms. The first-order valence-corrected chi connectivity index (χ1v) is 7.12. The number of nitrogens with one attached hydrogen (secondary N) is 1. The molecule has 1 fully saturated rings. The second-order valence-electron chi connectivity index (χ2n) is 5.10. The first-order valence-electron chi connectivity index (χ1n) is 7.12. The van der Waals surface area contributed by atoms with Gasteiger partial charge in [-0.1, -0.05) is 12.1 Å². The predicted molar refractivity (Wildman–Crippen MR) is 79.8 cm³/mol. The normalized spacial score (nSPS) is 16.1. The lowest BCUT2D eigenvalue weighted by Gasteiger charge is -2.26. The highest BCUT2D eigenvalue weighted by atomic mass is 16.5. The fourth-order valence-electron chi connectivity index (χ4n) is 2.42. The van der Waals surface area contributed by atoms with Crippen LogP contribution in [0, 0.1) is 6.92 Å². The maximum absolute atomic E-state index is 12.1. The van der Waals surface area contributed by atoms with E-state index >= 15 is 0 Å². The number of nitrogens with zero attached hydrogens (tertiary/aromatic N) is 1. The topological polar surface area (TPSA) is 67.6 Å². The van der Waals surface area contributed by atoms with Crippen LogP contribution in [-0.2, 0) is 4.74 Å². The molecule has 0 spiro atoms. The van der Waals surface area contributed by atoms with Crippen molar-refractivity contribution < 1.29 is 9.53 Å². The van der Waals surface area contributed by atoms with E-state index in [0.29, 0.717) is 17.8 Å². The summed E-state index contributed by atoms with van der Waals surface area (Å²) in [4.78, 5) is 14.5. The van der Waals surface area contributed by atoms with Crippen molar-refractivity contribution in [1.82, 2.24) is 10.2 Å². The van der Waals surface area contributed by atoms with Crippen molar-refractivity contribution in [3.63, 3.8) is 0 Å². The Hall–Kier alpha value is -1.59. The summed E-state index contributed by atoms with van der Waals surface area (Å²) < 4.78 is 5.30. The minimum Gasteiger partial charge on any atom is -0.398 e. The van der Waals surface area contributed by atoms with Gasteiger partial charge in [0.1, 0.15) is 0 Å². The number of nitrogen functional groups attached to an aromatic ring is 1. The summed E-state index contributed by atoms with van der Waals surface area (Å²) in [6.07, 6.45) is 0.942. The number of morpholine rings is 1. The molecule has 1 aromatic carbocycles. The number of rotatable bonds is 5. The Labute approximate surface area is 120 Å². The molecule has 0 unspecified atom stereocenters. The average Bonchev–Trinajstić information content (AvgIpc) is 2.44. The summed E-state index contributed by atoms with van der Waals surface area (Å²) >= 11 is 0. The standard InChI is InChI=1S/C15H23N3O2/c1-12-4-2-5-13(16)14(12)15(19)17-6-3-7-18-8-10-20-11-9-18/h2,4-5H,3,6-11,16H2,1H3,(H,17,19). The second-order valence-corrected chi connectivity index (χ2v) is 5.10. The maximum atomic E-state index is 12.1. The molecule has 5 nitrogen and oxygen atoms in total. The zero-order chi connectivity index (χ0) is 14.4. The molecule has 1 aromatic rings. The highest BCUT2D eigenvalue weighted by molar-refractivity contribution is 6.00. The van der Waals surface area contributed by atoms with Crippen molar-refractivity contribution in [2.24, 2.45) is 0 Å². The number of amides is 1. The molecule has 20 heavy (non-hydrogen) atoms. The number of nitrogens with two attached hydrogens (primary N) is 1. The van der Waals surface area contributed by atoms with Gasteiger partial charge in [-0.05, 0) is 31.5 Å². The van der Waals surface area contributed by atoms with E-state index in [1.54, 1.807) is 6.07 Å². The summed E-state index contributed by atoms with van der Waals surface area (Å²) in [5.41, 5.74) is 7.91. The number of hydrogen-bond acceptors (Lipinski definition) is 4. The molecule has 0 saturated carbocycles. The Bertz CT molecular complexity index is 436. The largest absolute Gasteiger partial charge is 0.398 e. The van der Waals surface area contributed by atoms with Crippen molar-refractivity contribution in [3.8, 4) is 0 Å². The van der Waals surface area contributed by atoms with Crippen LogP contribution < -0.4 is 11.1 Å². The molecule has 0 aromatic heterocycles. The van der Waals surface area contributed by atoms with Crippen LogP contribution in [0.1, 0.15) is 22.3 Å². The number of carbonyl (C=O) groups is 1. The molecule has 2 rings (SSSR count). The summed E-state index contributed by atoms with van der Waals surface area (Å²) in [5.74, 6) is -0.0809. The molecule has 0 bridgehead atoms. The van der Waals surface area contributed by atoms with Crippen molar-refractivity contribution in [1.29, 1.82) is 0 Å². The fraction of sp³-hybridized carbons (Fsp3) is 0.533. The minimum atomic E-state index is -0.0809. The van der Waals surface area contributed by atoms with E-state index in [0.717, 1.165) is 44.8 Å². The van der Waals surface area contributed by atoms with Gasteiger partial charge in [-0.2, -0.15) is 0 Å². The number of hydrogen-bond donors (Lipinski definition) is 2. The molecule has 1 aliphatic rings. The van der Waals surface area contributed by atoms with E-state index in [4.69, 9.17) is 10.5 Å². The van der Waals surface area contributed by atoms with Crippen molar-refractivity contribution in [3.05, 3.63) is 29.3 Å². The summed E-state index contributed by atoms with van der Waals surface area (Å²) in [6, 6.07) is 5.52. The van der Waals surface area contributed by atoms with E-state index in [9.17, 15) is 4.79 Å². The van der Waals surface area contributed by atoms with Crippen LogP contribution in [-0.4, -0.2) is 50.2 Å². The monoisotopic (exact) mass is 277 g/mol. The summed E-state index contributed by atoms with van der Waals surface area (Å²) in [5, 5.41) is 2.94. The average molecular weight is 277 g/mol. The van der Waals surface area contributed by atoms with Gasteiger partial charge >= 0.3 is 0 Å². The molecule has 0 radical (unpaired) electrons. The van der Waals surface area contributed by atoms with Crippen LogP contribution in [0.25, 0.3) is 0 Å². The first-order chi connectivity index (χ1) is 9.68.